The van der Waals surface area contributed by atoms with Gasteiger partial charge in [-0.2, -0.15) is 0 Å². The van der Waals surface area contributed by atoms with Crippen LogP contribution in [0.5, 0.6) is 0 Å². The molecule has 0 fully saturated rings. The summed E-state index contributed by atoms with van der Waals surface area (Å²) in [5.41, 5.74) is 0. The minimum atomic E-state index is -0.731. The van der Waals surface area contributed by atoms with Gasteiger partial charge >= 0.3 is 0 Å². The standard InChI is InChI=1S/C4H9FO.ClH/c1-2-4(6)3-5;/h4,6H,2-3H2,1H3;1H. The van der Waals surface area contributed by atoms with E-state index in [9.17, 15) is 4.39 Å². The third kappa shape index (κ3) is 6.18. The highest BCUT2D eigenvalue weighted by Gasteiger charge is 1.94. The van der Waals surface area contributed by atoms with Crippen LogP contribution >= 0.6 is 12.4 Å². The molecule has 0 aromatic carbocycles. The molecule has 0 rings (SSSR count). The maximum atomic E-state index is 11.1. The lowest BCUT2D eigenvalue weighted by Gasteiger charge is -1.95. The quantitative estimate of drug-likeness (QED) is 0.592. The van der Waals surface area contributed by atoms with Gasteiger partial charge in [0.2, 0.25) is 0 Å². The van der Waals surface area contributed by atoms with E-state index in [1.165, 1.54) is 0 Å². The lowest BCUT2D eigenvalue weighted by molar-refractivity contribution is 0.136. The maximum Gasteiger partial charge on any atom is 0.115 e. The molecular formula is C4H10ClFO. The summed E-state index contributed by atoms with van der Waals surface area (Å²) in [6, 6.07) is 0. The fourth-order valence-electron chi connectivity index (χ4n) is 0.109. The van der Waals surface area contributed by atoms with Gasteiger partial charge in [-0.25, -0.2) is 4.39 Å². The molecule has 0 heterocycles. The summed E-state index contributed by atoms with van der Waals surface area (Å²) in [6.07, 6.45) is -0.221. The number of rotatable bonds is 2. The van der Waals surface area contributed by atoms with Crippen molar-refractivity contribution in [3.63, 3.8) is 0 Å². The summed E-state index contributed by atoms with van der Waals surface area (Å²) in [7, 11) is 0. The number of hydrogen-bond acceptors (Lipinski definition) is 1. The number of alkyl halides is 1. The molecule has 46 valence electrons. The average molecular weight is 129 g/mol. The number of aliphatic hydroxyl groups excluding tert-OH is 1. The highest BCUT2D eigenvalue weighted by molar-refractivity contribution is 5.85. The molecule has 1 N–H and O–H groups in total. The largest absolute Gasteiger partial charge is 0.390 e. The Balaban J connectivity index is 0. The summed E-state index contributed by atoms with van der Waals surface area (Å²) >= 11 is 0. The highest BCUT2D eigenvalue weighted by atomic mass is 35.5. The van der Waals surface area contributed by atoms with Crippen LogP contribution in [0.1, 0.15) is 13.3 Å². The van der Waals surface area contributed by atoms with E-state index in [4.69, 9.17) is 5.11 Å². The minimum absolute atomic E-state index is 0. The van der Waals surface area contributed by atoms with E-state index in [1.807, 2.05) is 0 Å². The van der Waals surface area contributed by atoms with Gasteiger partial charge in [0.15, 0.2) is 0 Å². The molecule has 0 saturated carbocycles. The molecule has 0 aromatic heterocycles. The monoisotopic (exact) mass is 128 g/mol. The zero-order chi connectivity index (χ0) is 4.99. The van der Waals surface area contributed by atoms with Crippen LogP contribution < -0.4 is 0 Å². The molecule has 0 radical (unpaired) electrons. The van der Waals surface area contributed by atoms with Crippen LogP contribution in [0.15, 0.2) is 0 Å². The smallest absolute Gasteiger partial charge is 0.115 e. The van der Waals surface area contributed by atoms with Crippen molar-refractivity contribution in [2.75, 3.05) is 6.67 Å². The van der Waals surface area contributed by atoms with Gasteiger partial charge in [-0.05, 0) is 6.42 Å². The van der Waals surface area contributed by atoms with E-state index in [0.29, 0.717) is 6.42 Å². The summed E-state index contributed by atoms with van der Waals surface area (Å²) in [4.78, 5) is 0. The first kappa shape index (κ1) is 10.2. The van der Waals surface area contributed by atoms with Crippen molar-refractivity contribution >= 4 is 12.4 Å². The van der Waals surface area contributed by atoms with Gasteiger partial charge in [-0.15, -0.1) is 12.4 Å². The third-order valence-corrected chi connectivity index (χ3v) is 0.649. The molecule has 1 unspecified atom stereocenters. The Morgan fingerprint density at radius 1 is 1.71 bits per heavy atom. The Morgan fingerprint density at radius 2 is 2.14 bits per heavy atom. The molecular weight excluding hydrogens is 118 g/mol. The Kier molecular flexibility index (Phi) is 9.02. The first-order chi connectivity index (χ1) is 2.81. The molecule has 0 saturated heterocycles. The van der Waals surface area contributed by atoms with Gasteiger partial charge in [0.1, 0.15) is 6.67 Å². The van der Waals surface area contributed by atoms with Gasteiger partial charge < -0.3 is 5.11 Å². The van der Waals surface area contributed by atoms with Crippen LogP contribution in [-0.4, -0.2) is 17.9 Å². The van der Waals surface area contributed by atoms with E-state index >= 15 is 0 Å². The molecule has 0 aliphatic heterocycles. The third-order valence-electron chi connectivity index (χ3n) is 0.649. The summed E-state index contributed by atoms with van der Waals surface area (Å²) in [5.74, 6) is 0. The molecule has 3 heteroatoms. The van der Waals surface area contributed by atoms with Crippen LogP contribution in [0.3, 0.4) is 0 Å². The highest BCUT2D eigenvalue weighted by Crippen LogP contribution is 1.87. The topological polar surface area (TPSA) is 20.2 Å². The van der Waals surface area contributed by atoms with Gasteiger partial charge in [-0.1, -0.05) is 6.92 Å². The fraction of sp³-hybridized carbons (Fsp3) is 1.00. The minimum Gasteiger partial charge on any atom is -0.390 e. The summed E-state index contributed by atoms with van der Waals surface area (Å²) in [6.45, 7) is 1.13. The zero-order valence-electron chi connectivity index (χ0n) is 4.22. The Morgan fingerprint density at radius 3 is 2.14 bits per heavy atom. The van der Waals surface area contributed by atoms with E-state index < -0.39 is 12.8 Å². The van der Waals surface area contributed by atoms with Crippen LogP contribution in [0, 0.1) is 0 Å². The summed E-state index contributed by atoms with van der Waals surface area (Å²) in [5, 5.41) is 8.29. The molecule has 7 heavy (non-hydrogen) atoms. The zero-order valence-corrected chi connectivity index (χ0v) is 5.04. The molecule has 0 bridgehead atoms. The van der Waals surface area contributed by atoms with Crippen LogP contribution in [0.2, 0.25) is 0 Å². The van der Waals surface area contributed by atoms with Crippen molar-refractivity contribution in [3.8, 4) is 0 Å². The van der Waals surface area contributed by atoms with E-state index in [-0.39, 0.29) is 12.4 Å². The molecule has 0 spiro atoms. The Hall–Kier alpha value is 0.180. The SMILES string of the molecule is CCC(O)CF.Cl. The molecule has 0 amide bonds. The van der Waals surface area contributed by atoms with Crippen LogP contribution in [0.25, 0.3) is 0 Å². The van der Waals surface area contributed by atoms with E-state index in [2.05, 4.69) is 0 Å². The molecule has 0 aliphatic rings. The van der Waals surface area contributed by atoms with E-state index in [1.54, 1.807) is 6.92 Å². The first-order valence-corrected chi connectivity index (χ1v) is 2.05. The number of hydrogen-bond donors (Lipinski definition) is 1. The van der Waals surface area contributed by atoms with E-state index in [0.717, 1.165) is 0 Å². The second-order valence-electron chi connectivity index (χ2n) is 1.22. The van der Waals surface area contributed by atoms with Gasteiger partial charge in [0, 0.05) is 0 Å². The first-order valence-electron chi connectivity index (χ1n) is 2.05. The van der Waals surface area contributed by atoms with Crippen LogP contribution in [-0.2, 0) is 0 Å². The van der Waals surface area contributed by atoms with Gasteiger partial charge in [-0.3, -0.25) is 0 Å². The van der Waals surface area contributed by atoms with Crippen molar-refractivity contribution in [1.82, 2.24) is 0 Å². The van der Waals surface area contributed by atoms with Crippen molar-refractivity contribution in [2.45, 2.75) is 19.4 Å². The van der Waals surface area contributed by atoms with Gasteiger partial charge in [0.25, 0.3) is 0 Å². The maximum absolute atomic E-state index is 11.1. The van der Waals surface area contributed by atoms with Crippen molar-refractivity contribution in [1.29, 1.82) is 0 Å². The Bertz CT molecular complexity index is 30.9. The van der Waals surface area contributed by atoms with Crippen LogP contribution in [0.4, 0.5) is 4.39 Å². The number of aliphatic hydroxyl groups is 1. The van der Waals surface area contributed by atoms with Gasteiger partial charge in [0.05, 0.1) is 6.10 Å². The molecule has 0 aliphatic carbocycles. The normalized spacial score (nSPS) is 12.4. The second kappa shape index (κ2) is 6.18. The lowest BCUT2D eigenvalue weighted by Crippen LogP contribution is -2.05. The van der Waals surface area contributed by atoms with Crippen molar-refractivity contribution in [3.05, 3.63) is 0 Å². The summed E-state index contributed by atoms with van der Waals surface area (Å²) < 4.78 is 11.1. The van der Waals surface area contributed by atoms with Crippen molar-refractivity contribution < 1.29 is 9.50 Å². The predicted octanol–water partition coefficient (Wildman–Crippen LogP) is 1.15. The molecule has 0 aromatic rings. The molecule has 1 nitrogen and oxygen atoms in total. The Labute approximate surface area is 48.9 Å². The van der Waals surface area contributed by atoms with Crippen molar-refractivity contribution in [2.24, 2.45) is 0 Å². The predicted molar refractivity (Wildman–Crippen MR) is 29.5 cm³/mol. The average Bonchev–Trinajstić information content (AvgIpc) is 1.65. The second-order valence-corrected chi connectivity index (χ2v) is 1.22. The lowest BCUT2D eigenvalue weighted by atomic mass is 10.3. The fourth-order valence-corrected chi connectivity index (χ4v) is 0.109. The molecule has 1 atom stereocenters. The number of halogens is 2.